The predicted molar refractivity (Wildman–Crippen MR) is 70.5 cm³/mol. The normalized spacial score (nSPS) is 11.7. The molecular weight excluding hydrogens is 236 g/mol. The summed E-state index contributed by atoms with van der Waals surface area (Å²) in [7, 11) is 1.37. The highest BCUT2D eigenvalue weighted by molar-refractivity contribution is 8.02. The summed E-state index contributed by atoms with van der Waals surface area (Å²) in [5.41, 5.74) is 1.28. The maximum atomic E-state index is 11.8. The molecule has 0 aliphatic rings. The summed E-state index contributed by atoms with van der Waals surface area (Å²) in [6.07, 6.45) is 1.87. The molecule has 0 N–H and O–H groups in total. The minimum atomic E-state index is -0.381. The molecule has 0 saturated heterocycles. The Morgan fingerprint density at radius 1 is 1.29 bits per heavy atom. The van der Waals surface area contributed by atoms with Gasteiger partial charge in [0.25, 0.3) is 0 Å². The number of methoxy groups -OCH3 is 1. The summed E-state index contributed by atoms with van der Waals surface area (Å²) in [5, 5.41) is 0.588. The van der Waals surface area contributed by atoms with Crippen molar-refractivity contribution in [3.8, 4) is 0 Å². The number of benzene rings is 1. The zero-order chi connectivity index (χ0) is 12.7. The minimum Gasteiger partial charge on any atom is -0.487 e. The van der Waals surface area contributed by atoms with E-state index in [2.05, 4.69) is 0 Å². The molecule has 0 amide bonds. The lowest BCUT2D eigenvalue weighted by Gasteiger charge is -2.12. The highest BCUT2D eigenvalue weighted by Gasteiger charge is 2.18. The summed E-state index contributed by atoms with van der Waals surface area (Å²) in [6.45, 7) is 2.40. The third-order valence-electron chi connectivity index (χ3n) is 2.12. The fourth-order valence-corrected chi connectivity index (χ4v) is 2.03. The van der Waals surface area contributed by atoms with Crippen LogP contribution in [0.25, 0.3) is 5.57 Å². The Morgan fingerprint density at radius 2 is 1.94 bits per heavy atom. The van der Waals surface area contributed by atoms with Gasteiger partial charge in [-0.25, -0.2) is 4.79 Å². The number of rotatable bonds is 5. The standard InChI is InChI=1S/C13H16O3S/c1-4-16-13(17-3)11(12(14)15-2)10-8-6-5-7-9-10/h5-9H,4H2,1-3H3/b13-11-. The monoisotopic (exact) mass is 252 g/mol. The smallest absolute Gasteiger partial charge is 0.342 e. The summed E-state index contributed by atoms with van der Waals surface area (Å²) < 4.78 is 10.3. The zero-order valence-corrected chi connectivity index (χ0v) is 11.0. The van der Waals surface area contributed by atoms with E-state index >= 15 is 0 Å². The van der Waals surface area contributed by atoms with Gasteiger partial charge >= 0.3 is 5.97 Å². The number of ether oxygens (including phenoxy) is 2. The maximum absolute atomic E-state index is 11.8. The van der Waals surface area contributed by atoms with Crippen LogP contribution in [-0.4, -0.2) is 25.9 Å². The van der Waals surface area contributed by atoms with Crippen LogP contribution in [-0.2, 0) is 14.3 Å². The van der Waals surface area contributed by atoms with Crippen LogP contribution < -0.4 is 0 Å². The van der Waals surface area contributed by atoms with Crippen LogP contribution >= 0.6 is 11.8 Å². The number of hydrogen-bond acceptors (Lipinski definition) is 4. The first-order chi connectivity index (χ1) is 8.24. The summed E-state index contributed by atoms with van der Waals surface area (Å²) in [6, 6.07) is 9.38. The third kappa shape index (κ3) is 3.53. The number of carbonyl (C=O) groups is 1. The molecule has 0 unspecified atom stereocenters. The van der Waals surface area contributed by atoms with E-state index in [1.165, 1.54) is 18.9 Å². The molecule has 1 aromatic carbocycles. The first-order valence-electron chi connectivity index (χ1n) is 5.29. The van der Waals surface area contributed by atoms with E-state index in [0.717, 1.165) is 5.56 Å². The van der Waals surface area contributed by atoms with E-state index in [9.17, 15) is 4.79 Å². The van der Waals surface area contributed by atoms with Crippen LogP contribution in [0.1, 0.15) is 12.5 Å². The SMILES string of the molecule is CCO/C(SC)=C(/C(=O)OC)c1ccccc1. The van der Waals surface area contributed by atoms with E-state index in [0.29, 0.717) is 17.3 Å². The second kappa shape index (κ2) is 7.01. The van der Waals surface area contributed by atoms with Gasteiger partial charge in [-0.05, 0) is 18.7 Å². The lowest BCUT2D eigenvalue weighted by molar-refractivity contribution is -0.133. The Balaban J connectivity index is 3.24. The highest BCUT2D eigenvalue weighted by atomic mass is 32.2. The van der Waals surface area contributed by atoms with Gasteiger partial charge in [0, 0.05) is 0 Å². The lowest BCUT2D eigenvalue weighted by Crippen LogP contribution is -2.07. The fourth-order valence-electron chi connectivity index (χ4n) is 1.39. The Morgan fingerprint density at radius 3 is 2.41 bits per heavy atom. The van der Waals surface area contributed by atoms with E-state index in [1.807, 2.05) is 43.5 Å². The van der Waals surface area contributed by atoms with Gasteiger partial charge in [0.1, 0.15) is 5.57 Å². The van der Waals surface area contributed by atoms with Gasteiger partial charge in [0.05, 0.1) is 13.7 Å². The molecule has 0 heterocycles. The van der Waals surface area contributed by atoms with Crippen molar-refractivity contribution in [2.24, 2.45) is 0 Å². The largest absolute Gasteiger partial charge is 0.487 e. The molecule has 4 heteroatoms. The topological polar surface area (TPSA) is 35.5 Å². The summed E-state index contributed by atoms with van der Waals surface area (Å²) in [5.74, 6) is -0.381. The Labute approximate surface area is 106 Å². The van der Waals surface area contributed by atoms with Gasteiger partial charge in [0.15, 0.2) is 5.09 Å². The summed E-state index contributed by atoms with van der Waals surface area (Å²) in [4.78, 5) is 11.8. The zero-order valence-electron chi connectivity index (χ0n) is 10.2. The molecule has 92 valence electrons. The van der Waals surface area contributed by atoms with Crippen molar-refractivity contribution in [1.29, 1.82) is 0 Å². The van der Waals surface area contributed by atoms with E-state index in [-0.39, 0.29) is 5.97 Å². The van der Waals surface area contributed by atoms with Crippen molar-refractivity contribution in [1.82, 2.24) is 0 Å². The van der Waals surface area contributed by atoms with Crippen LogP contribution in [0.3, 0.4) is 0 Å². The molecule has 0 aliphatic carbocycles. The Hall–Kier alpha value is -1.42. The average molecular weight is 252 g/mol. The van der Waals surface area contributed by atoms with Crippen molar-refractivity contribution in [2.75, 3.05) is 20.0 Å². The molecule has 0 radical (unpaired) electrons. The molecular formula is C13H16O3S. The first kappa shape index (κ1) is 13.6. The van der Waals surface area contributed by atoms with Gasteiger partial charge in [0.2, 0.25) is 0 Å². The van der Waals surface area contributed by atoms with Crippen LogP contribution in [0.15, 0.2) is 35.4 Å². The highest BCUT2D eigenvalue weighted by Crippen LogP contribution is 2.27. The molecule has 0 aromatic heterocycles. The quantitative estimate of drug-likeness (QED) is 0.458. The Bertz CT molecular complexity index is 398. The molecule has 17 heavy (non-hydrogen) atoms. The van der Waals surface area contributed by atoms with Gasteiger partial charge in [-0.1, -0.05) is 42.1 Å². The number of carbonyl (C=O) groups excluding carboxylic acids is 1. The van der Waals surface area contributed by atoms with E-state index in [1.54, 1.807) is 0 Å². The molecule has 0 atom stereocenters. The molecule has 1 aromatic rings. The van der Waals surface area contributed by atoms with Crippen LogP contribution in [0.2, 0.25) is 0 Å². The number of thioether (sulfide) groups is 1. The second-order valence-corrected chi connectivity index (χ2v) is 3.94. The molecule has 0 saturated carbocycles. The number of hydrogen-bond donors (Lipinski definition) is 0. The van der Waals surface area contributed by atoms with Crippen molar-refractivity contribution in [3.63, 3.8) is 0 Å². The molecule has 0 fully saturated rings. The Kier molecular flexibility index (Phi) is 5.63. The summed E-state index contributed by atoms with van der Waals surface area (Å²) >= 11 is 1.40. The van der Waals surface area contributed by atoms with Crippen molar-refractivity contribution >= 4 is 23.3 Å². The van der Waals surface area contributed by atoms with Crippen LogP contribution in [0, 0.1) is 0 Å². The number of esters is 1. The van der Waals surface area contributed by atoms with Gasteiger partial charge in [-0.15, -0.1) is 0 Å². The van der Waals surface area contributed by atoms with Gasteiger partial charge in [-0.3, -0.25) is 0 Å². The molecule has 3 nitrogen and oxygen atoms in total. The van der Waals surface area contributed by atoms with Crippen LogP contribution in [0.5, 0.6) is 0 Å². The minimum absolute atomic E-state index is 0.381. The second-order valence-electron chi connectivity index (χ2n) is 3.16. The molecule has 0 aliphatic heterocycles. The van der Waals surface area contributed by atoms with E-state index in [4.69, 9.17) is 9.47 Å². The molecule has 1 rings (SSSR count). The van der Waals surface area contributed by atoms with E-state index < -0.39 is 0 Å². The van der Waals surface area contributed by atoms with Gasteiger partial charge in [-0.2, -0.15) is 0 Å². The van der Waals surface area contributed by atoms with Crippen molar-refractivity contribution in [2.45, 2.75) is 6.92 Å². The fraction of sp³-hybridized carbons (Fsp3) is 0.308. The van der Waals surface area contributed by atoms with Crippen molar-refractivity contribution in [3.05, 3.63) is 41.0 Å². The predicted octanol–water partition coefficient (Wildman–Crippen LogP) is 2.93. The average Bonchev–Trinajstić information content (AvgIpc) is 2.39. The van der Waals surface area contributed by atoms with Crippen LogP contribution in [0.4, 0.5) is 0 Å². The molecule has 0 bridgehead atoms. The van der Waals surface area contributed by atoms with Gasteiger partial charge < -0.3 is 9.47 Å². The maximum Gasteiger partial charge on any atom is 0.342 e. The first-order valence-corrected chi connectivity index (χ1v) is 6.51. The lowest BCUT2D eigenvalue weighted by atomic mass is 10.1. The van der Waals surface area contributed by atoms with Crippen molar-refractivity contribution < 1.29 is 14.3 Å². The third-order valence-corrected chi connectivity index (χ3v) is 2.81. The molecule has 0 spiro atoms.